The summed E-state index contributed by atoms with van der Waals surface area (Å²) in [5.41, 5.74) is 1.89. The number of ether oxygens (including phenoxy) is 2. The molecular weight excluding hydrogens is 397 g/mol. The van der Waals surface area contributed by atoms with Crippen LogP contribution in [-0.4, -0.2) is 30.4 Å². The van der Waals surface area contributed by atoms with E-state index < -0.39 is 11.8 Å². The van der Waals surface area contributed by atoms with Gasteiger partial charge in [0, 0.05) is 18.7 Å². The predicted octanol–water partition coefficient (Wildman–Crippen LogP) is 5.46. The van der Waals surface area contributed by atoms with Crippen molar-refractivity contribution < 1.29 is 23.5 Å². The smallest absolute Gasteiger partial charge is 0.337 e. The van der Waals surface area contributed by atoms with Crippen LogP contribution >= 0.6 is 0 Å². The van der Waals surface area contributed by atoms with Crippen LogP contribution in [0.25, 0.3) is 0 Å². The Hall–Kier alpha value is -3.67. The van der Waals surface area contributed by atoms with Crippen LogP contribution in [-0.2, 0) is 11.3 Å². The fourth-order valence-electron chi connectivity index (χ4n) is 3.11. The molecule has 0 atom stereocenters. The SMILES string of the molecule is CCCN(Cc1ccc(C(=O)OC)cc1)C(=O)c1ccc(Oc2ccccc2F)cc1. The van der Waals surface area contributed by atoms with Crippen molar-refractivity contribution in [3.05, 3.63) is 95.3 Å². The third-order valence-electron chi connectivity index (χ3n) is 4.69. The van der Waals surface area contributed by atoms with Crippen molar-refractivity contribution in [2.24, 2.45) is 0 Å². The van der Waals surface area contributed by atoms with Gasteiger partial charge in [-0.1, -0.05) is 31.2 Å². The molecule has 0 spiro atoms. The number of hydrogen-bond acceptors (Lipinski definition) is 4. The van der Waals surface area contributed by atoms with Gasteiger partial charge in [-0.25, -0.2) is 9.18 Å². The van der Waals surface area contributed by atoms with E-state index in [1.807, 2.05) is 19.1 Å². The average Bonchev–Trinajstić information content (AvgIpc) is 2.80. The Balaban J connectivity index is 1.70. The van der Waals surface area contributed by atoms with Gasteiger partial charge in [0.1, 0.15) is 5.75 Å². The van der Waals surface area contributed by atoms with E-state index in [9.17, 15) is 14.0 Å². The van der Waals surface area contributed by atoms with Crippen molar-refractivity contribution in [3.63, 3.8) is 0 Å². The molecule has 0 N–H and O–H groups in total. The number of rotatable bonds is 8. The van der Waals surface area contributed by atoms with E-state index in [0.29, 0.717) is 30.0 Å². The van der Waals surface area contributed by atoms with Crippen molar-refractivity contribution in [3.8, 4) is 11.5 Å². The summed E-state index contributed by atoms with van der Waals surface area (Å²) in [5, 5.41) is 0. The molecule has 0 unspecified atom stereocenters. The molecule has 0 saturated heterocycles. The number of halogens is 1. The molecular formula is C25H24FNO4. The van der Waals surface area contributed by atoms with Gasteiger partial charge >= 0.3 is 5.97 Å². The summed E-state index contributed by atoms with van der Waals surface area (Å²) in [4.78, 5) is 26.4. The Kier molecular flexibility index (Phi) is 7.38. The molecule has 3 aromatic carbocycles. The maximum absolute atomic E-state index is 13.8. The topological polar surface area (TPSA) is 55.8 Å². The number of carbonyl (C=O) groups excluding carboxylic acids is 2. The molecule has 0 radical (unpaired) electrons. The molecule has 0 aromatic heterocycles. The molecule has 1 amide bonds. The second kappa shape index (κ2) is 10.4. The van der Waals surface area contributed by atoms with Gasteiger partial charge in [0.15, 0.2) is 11.6 Å². The van der Waals surface area contributed by atoms with E-state index in [-0.39, 0.29) is 11.7 Å². The number of para-hydroxylation sites is 1. The third-order valence-corrected chi connectivity index (χ3v) is 4.69. The summed E-state index contributed by atoms with van der Waals surface area (Å²) in [7, 11) is 1.34. The van der Waals surface area contributed by atoms with E-state index in [4.69, 9.17) is 9.47 Å². The fourth-order valence-corrected chi connectivity index (χ4v) is 3.11. The molecule has 160 valence electrons. The molecule has 0 saturated carbocycles. The lowest BCUT2D eigenvalue weighted by Gasteiger charge is -2.22. The van der Waals surface area contributed by atoms with E-state index in [0.717, 1.165) is 12.0 Å². The van der Waals surface area contributed by atoms with Crippen LogP contribution in [0.2, 0.25) is 0 Å². The fraction of sp³-hybridized carbons (Fsp3) is 0.200. The Morgan fingerprint density at radius 2 is 1.55 bits per heavy atom. The maximum Gasteiger partial charge on any atom is 0.337 e. The van der Waals surface area contributed by atoms with Gasteiger partial charge in [-0.05, 0) is 60.5 Å². The van der Waals surface area contributed by atoms with E-state index in [1.54, 1.807) is 59.5 Å². The maximum atomic E-state index is 13.8. The largest absolute Gasteiger partial charge is 0.465 e. The zero-order chi connectivity index (χ0) is 22.2. The van der Waals surface area contributed by atoms with Gasteiger partial charge in [0.2, 0.25) is 0 Å². The van der Waals surface area contributed by atoms with Gasteiger partial charge in [0.05, 0.1) is 12.7 Å². The number of benzene rings is 3. The van der Waals surface area contributed by atoms with Crippen LogP contribution in [0, 0.1) is 5.82 Å². The molecule has 0 aliphatic rings. The molecule has 5 nitrogen and oxygen atoms in total. The van der Waals surface area contributed by atoms with Gasteiger partial charge in [-0.15, -0.1) is 0 Å². The zero-order valence-electron chi connectivity index (χ0n) is 17.5. The Labute approximate surface area is 181 Å². The van der Waals surface area contributed by atoms with Crippen molar-refractivity contribution in [2.75, 3.05) is 13.7 Å². The lowest BCUT2D eigenvalue weighted by molar-refractivity contribution is 0.0600. The Bertz CT molecular complexity index is 1030. The van der Waals surface area contributed by atoms with Crippen molar-refractivity contribution in [1.29, 1.82) is 0 Å². The second-order valence-electron chi connectivity index (χ2n) is 6.97. The van der Waals surface area contributed by atoms with Gasteiger partial charge in [-0.2, -0.15) is 0 Å². The summed E-state index contributed by atoms with van der Waals surface area (Å²) in [6, 6.07) is 19.8. The standard InChI is InChI=1S/C25H24FNO4/c1-3-16-27(17-18-8-10-20(11-9-18)25(29)30-2)24(28)19-12-14-21(15-13-19)31-23-7-5-4-6-22(23)26/h4-15H,3,16-17H2,1-2H3. The summed E-state index contributed by atoms with van der Waals surface area (Å²) >= 11 is 0. The summed E-state index contributed by atoms with van der Waals surface area (Å²) in [6.07, 6.45) is 0.806. The third kappa shape index (κ3) is 5.69. The number of hydrogen-bond donors (Lipinski definition) is 0. The highest BCUT2D eigenvalue weighted by Crippen LogP contribution is 2.24. The van der Waals surface area contributed by atoms with Crippen molar-refractivity contribution >= 4 is 11.9 Å². The highest BCUT2D eigenvalue weighted by atomic mass is 19.1. The quantitative estimate of drug-likeness (QED) is 0.454. The number of esters is 1. The normalized spacial score (nSPS) is 10.4. The lowest BCUT2D eigenvalue weighted by atomic mass is 10.1. The molecule has 0 heterocycles. The first kappa shape index (κ1) is 22.0. The predicted molar refractivity (Wildman–Crippen MR) is 116 cm³/mol. The lowest BCUT2D eigenvalue weighted by Crippen LogP contribution is -2.31. The first-order chi connectivity index (χ1) is 15.0. The van der Waals surface area contributed by atoms with E-state index in [1.165, 1.54) is 13.2 Å². The molecule has 0 aliphatic carbocycles. The second-order valence-corrected chi connectivity index (χ2v) is 6.97. The van der Waals surface area contributed by atoms with E-state index in [2.05, 4.69) is 0 Å². The first-order valence-electron chi connectivity index (χ1n) is 10.0. The molecule has 3 aromatic rings. The van der Waals surface area contributed by atoms with Gasteiger partial charge < -0.3 is 14.4 Å². The summed E-state index contributed by atoms with van der Waals surface area (Å²) < 4.78 is 24.0. The molecule has 3 rings (SSSR count). The number of carbonyl (C=O) groups is 2. The molecule has 6 heteroatoms. The Morgan fingerprint density at radius 3 is 2.16 bits per heavy atom. The van der Waals surface area contributed by atoms with Crippen molar-refractivity contribution in [2.45, 2.75) is 19.9 Å². The van der Waals surface area contributed by atoms with Crippen LogP contribution in [0.5, 0.6) is 11.5 Å². The van der Waals surface area contributed by atoms with E-state index >= 15 is 0 Å². The van der Waals surface area contributed by atoms with Crippen LogP contribution < -0.4 is 4.74 Å². The summed E-state index contributed by atoms with van der Waals surface area (Å²) in [6.45, 7) is 3.01. The minimum absolute atomic E-state index is 0.115. The number of amides is 1. The minimum atomic E-state index is -0.449. The first-order valence-corrected chi connectivity index (χ1v) is 10.0. The average molecular weight is 421 g/mol. The zero-order valence-corrected chi connectivity index (χ0v) is 17.5. The number of nitrogens with zero attached hydrogens (tertiary/aromatic N) is 1. The van der Waals surface area contributed by atoms with Crippen LogP contribution in [0.4, 0.5) is 4.39 Å². The highest BCUT2D eigenvalue weighted by molar-refractivity contribution is 5.94. The molecule has 0 fully saturated rings. The van der Waals surface area contributed by atoms with Gasteiger partial charge in [0.25, 0.3) is 5.91 Å². The Morgan fingerprint density at radius 1 is 0.903 bits per heavy atom. The van der Waals surface area contributed by atoms with Crippen molar-refractivity contribution in [1.82, 2.24) is 4.90 Å². The van der Waals surface area contributed by atoms with Crippen LogP contribution in [0.1, 0.15) is 39.6 Å². The van der Waals surface area contributed by atoms with Crippen LogP contribution in [0.3, 0.4) is 0 Å². The minimum Gasteiger partial charge on any atom is -0.465 e. The molecule has 0 aliphatic heterocycles. The number of methoxy groups -OCH3 is 1. The monoisotopic (exact) mass is 421 g/mol. The van der Waals surface area contributed by atoms with Crippen LogP contribution in [0.15, 0.2) is 72.8 Å². The molecule has 31 heavy (non-hydrogen) atoms. The summed E-state index contributed by atoms with van der Waals surface area (Å²) in [5.74, 6) is -0.385. The molecule has 0 bridgehead atoms. The van der Waals surface area contributed by atoms with Gasteiger partial charge in [-0.3, -0.25) is 4.79 Å². The highest BCUT2D eigenvalue weighted by Gasteiger charge is 2.16.